The lowest BCUT2D eigenvalue weighted by Crippen LogP contribution is -2.24. The van der Waals surface area contributed by atoms with Crippen molar-refractivity contribution in [3.63, 3.8) is 0 Å². The fourth-order valence-electron chi connectivity index (χ4n) is 3.79. The molecule has 3 aromatic rings. The molecule has 0 saturated carbocycles. The number of rotatable bonds is 7. The average molecular weight is 464 g/mol. The summed E-state index contributed by atoms with van der Waals surface area (Å²) in [6.07, 6.45) is 0.0444. The summed E-state index contributed by atoms with van der Waals surface area (Å²) in [5, 5.41) is 2.67. The zero-order chi connectivity index (χ0) is 23.6. The van der Waals surface area contributed by atoms with Crippen molar-refractivity contribution in [2.24, 2.45) is 0 Å². The smallest absolute Gasteiger partial charge is 0.224 e. The highest BCUT2D eigenvalue weighted by atomic mass is 32.2. The molecule has 4 rings (SSSR count). The molecule has 33 heavy (non-hydrogen) atoms. The van der Waals surface area contributed by atoms with Crippen LogP contribution in [0.1, 0.15) is 44.7 Å². The minimum absolute atomic E-state index is 0.0578. The molecule has 7 nitrogen and oxygen atoms in total. The predicted molar refractivity (Wildman–Crippen MR) is 123 cm³/mol. The highest BCUT2D eigenvalue weighted by Gasteiger charge is 2.31. The number of anilines is 1. The Morgan fingerprint density at radius 2 is 1.48 bits per heavy atom. The largest absolute Gasteiger partial charge is 0.497 e. The molecular formula is C25H21NO6S. The number of amides is 1. The van der Waals surface area contributed by atoms with Crippen molar-refractivity contribution in [2.45, 2.75) is 17.7 Å². The number of hydrogen-bond donors (Lipinski definition) is 1. The van der Waals surface area contributed by atoms with Crippen molar-refractivity contribution in [1.29, 1.82) is 0 Å². The maximum Gasteiger partial charge on any atom is 0.224 e. The minimum atomic E-state index is -3.55. The summed E-state index contributed by atoms with van der Waals surface area (Å²) in [4.78, 5) is 38.5. The molecule has 1 aliphatic carbocycles. The second kappa shape index (κ2) is 8.99. The zero-order valence-electron chi connectivity index (χ0n) is 17.8. The Morgan fingerprint density at radius 1 is 0.848 bits per heavy atom. The first kappa shape index (κ1) is 22.4. The molecule has 0 bridgehead atoms. The van der Waals surface area contributed by atoms with Crippen molar-refractivity contribution < 1.29 is 27.5 Å². The normalized spacial score (nSPS) is 12.6. The third-order valence-corrected chi connectivity index (χ3v) is 7.28. The Labute approximate surface area is 191 Å². The van der Waals surface area contributed by atoms with Gasteiger partial charge in [0.05, 0.1) is 29.0 Å². The summed E-state index contributed by atoms with van der Waals surface area (Å²) in [6, 6.07) is 17.3. The van der Waals surface area contributed by atoms with Gasteiger partial charge in [-0.2, -0.15) is 0 Å². The van der Waals surface area contributed by atoms with E-state index >= 15 is 0 Å². The van der Waals surface area contributed by atoms with E-state index in [0.29, 0.717) is 16.9 Å². The second-order valence-corrected chi connectivity index (χ2v) is 9.69. The van der Waals surface area contributed by atoms with Crippen LogP contribution in [-0.4, -0.2) is 38.8 Å². The van der Waals surface area contributed by atoms with Crippen LogP contribution in [0, 0.1) is 0 Å². The van der Waals surface area contributed by atoms with Crippen LogP contribution in [0.4, 0.5) is 5.69 Å². The van der Waals surface area contributed by atoms with Crippen molar-refractivity contribution >= 4 is 33.0 Å². The summed E-state index contributed by atoms with van der Waals surface area (Å²) in [5.41, 5.74) is 1.26. The van der Waals surface area contributed by atoms with E-state index in [1.54, 1.807) is 54.6 Å². The molecule has 0 radical (unpaired) electrons. The molecule has 1 amide bonds. The van der Waals surface area contributed by atoms with E-state index in [0.717, 1.165) is 0 Å². The van der Waals surface area contributed by atoms with Gasteiger partial charge >= 0.3 is 0 Å². The highest BCUT2D eigenvalue weighted by Crippen LogP contribution is 2.32. The monoisotopic (exact) mass is 463 g/mol. The molecule has 168 valence electrons. The molecular weight excluding hydrogens is 442 g/mol. The van der Waals surface area contributed by atoms with Gasteiger partial charge in [0, 0.05) is 23.1 Å². The van der Waals surface area contributed by atoms with Gasteiger partial charge in [-0.1, -0.05) is 36.4 Å². The standard InChI is InChI=1S/C25H21NO6S/c1-32-16-11-13-17(14-12-16)33(30,31)15-5-10-22(27)26-21-9-4-8-20-23(21)25(29)19-7-3-2-6-18(19)24(20)28/h2-4,6-9,11-14H,5,10,15H2,1H3,(H,26,27). The Morgan fingerprint density at radius 3 is 2.15 bits per heavy atom. The van der Waals surface area contributed by atoms with Gasteiger partial charge < -0.3 is 10.1 Å². The summed E-state index contributed by atoms with van der Waals surface area (Å²) < 4.78 is 30.0. The molecule has 1 N–H and O–H groups in total. The quantitative estimate of drug-likeness (QED) is 0.448. The van der Waals surface area contributed by atoms with Crippen LogP contribution >= 0.6 is 0 Å². The third kappa shape index (κ3) is 4.42. The van der Waals surface area contributed by atoms with Gasteiger partial charge in [0.15, 0.2) is 21.4 Å². The molecule has 1 aliphatic rings. The summed E-state index contributed by atoms with van der Waals surface area (Å²) in [5.74, 6) is -0.701. The first-order valence-corrected chi connectivity index (χ1v) is 11.9. The maximum atomic E-state index is 13.0. The summed E-state index contributed by atoms with van der Waals surface area (Å²) in [7, 11) is -2.06. The predicted octanol–water partition coefficient (Wildman–Crippen LogP) is 3.66. The number of fused-ring (bicyclic) bond motifs is 2. The van der Waals surface area contributed by atoms with Gasteiger partial charge in [-0.25, -0.2) is 8.42 Å². The summed E-state index contributed by atoms with van der Waals surface area (Å²) >= 11 is 0. The summed E-state index contributed by atoms with van der Waals surface area (Å²) in [6.45, 7) is 0. The van der Waals surface area contributed by atoms with E-state index in [-0.39, 0.29) is 51.9 Å². The number of carbonyl (C=O) groups is 3. The van der Waals surface area contributed by atoms with Gasteiger partial charge in [0.25, 0.3) is 0 Å². The lowest BCUT2D eigenvalue weighted by atomic mass is 9.83. The Kier molecular flexibility index (Phi) is 6.11. The average Bonchev–Trinajstić information content (AvgIpc) is 2.82. The van der Waals surface area contributed by atoms with E-state index in [4.69, 9.17) is 4.74 Å². The van der Waals surface area contributed by atoms with Crippen molar-refractivity contribution in [2.75, 3.05) is 18.2 Å². The Bertz CT molecular complexity index is 1360. The SMILES string of the molecule is COc1ccc(S(=O)(=O)CCCC(=O)Nc2cccc3c2C(=O)c2ccccc2C3=O)cc1. The molecule has 0 spiro atoms. The number of benzene rings is 3. The lowest BCUT2D eigenvalue weighted by Gasteiger charge is -2.20. The van der Waals surface area contributed by atoms with E-state index < -0.39 is 15.7 Å². The minimum Gasteiger partial charge on any atom is -0.497 e. The van der Waals surface area contributed by atoms with Gasteiger partial charge in [-0.15, -0.1) is 0 Å². The zero-order valence-corrected chi connectivity index (χ0v) is 18.6. The molecule has 3 aromatic carbocycles. The number of hydrogen-bond acceptors (Lipinski definition) is 6. The number of sulfone groups is 1. The molecule has 8 heteroatoms. The number of carbonyl (C=O) groups excluding carboxylic acids is 3. The maximum absolute atomic E-state index is 13.0. The van der Waals surface area contributed by atoms with Crippen molar-refractivity contribution in [3.8, 4) is 5.75 Å². The van der Waals surface area contributed by atoms with Gasteiger partial charge in [-0.05, 0) is 36.8 Å². The lowest BCUT2D eigenvalue weighted by molar-refractivity contribution is -0.116. The fraction of sp³-hybridized carbons (Fsp3) is 0.160. The van der Waals surface area contributed by atoms with Gasteiger partial charge in [0.1, 0.15) is 5.75 Å². The number of ketones is 2. The Balaban J connectivity index is 1.45. The topological polar surface area (TPSA) is 107 Å². The number of ether oxygens (including phenoxy) is 1. The molecule has 0 atom stereocenters. The van der Waals surface area contributed by atoms with Crippen LogP contribution in [0.25, 0.3) is 0 Å². The van der Waals surface area contributed by atoms with Crippen molar-refractivity contribution in [3.05, 3.63) is 89.0 Å². The molecule has 0 heterocycles. The van der Waals surface area contributed by atoms with Crippen LogP contribution < -0.4 is 10.1 Å². The van der Waals surface area contributed by atoms with Crippen LogP contribution in [0.5, 0.6) is 5.75 Å². The Hall–Kier alpha value is -3.78. The highest BCUT2D eigenvalue weighted by molar-refractivity contribution is 7.91. The number of nitrogens with one attached hydrogen (secondary N) is 1. The van der Waals surface area contributed by atoms with Crippen molar-refractivity contribution in [1.82, 2.24) is 0 Å². The third-order valence-electron chi connectivity index (χ3n) is 5.46. The van der Waals surface area contributed by atoms with Crippen LogP contribution in [0.2, 0.25) is 0 Å². The van der Waals surface area contributed by atoms with E-state index in [1.165, 1.54) is 19.2 Å². The van der Waals surface area contributed by atoms with Crippen LogP contribution in [0.3, 0.4) is 0 Å². The molecule has 0 aliphatic heterocycles. The number of methoxy groups -OCH3 is 1. The molecule has 0 unspecified atom stereocenters. The molecule has 0 saturated heterocycles. The second-order valence-electron chi connectivity index (χ2n) is 7.58. The van der Waals surface area contributed by atoms with Crippen LogP contribution in [0.15, 0.2) is 71.6 Å². The van der Waals surface area contributed by atoms with E-state index in [1.807, 2.05) is 0 Å². The first-order valence-electron chi connectivity index (χ1n) is 10.3. The van der Waals surface area contributed by atoms with E-state index in [9.17, 15) is 22.8 Å². The van der Waals surface area contributed by atoms with Gasteiger partial charge in [-0.3, -0.25) is 14.4 Å². The fourth-order valence-corrected chi connectivity index (χ4v) is 5.10. The first-order chi connectivity index (χ1) is 15.8. The molecule has 0 aromatic heterocycles. The van der Waals surface area contributed by atoms with Gasteiger partial charge in [0.2, 0.25) is 5.91 Å². The van der Waals surface area contributed by atoms with E-state index in [2.05, 4.69) is 5.32 Å². The molecule has 0 fully saturated rings. The van der Waals surface area contributed by atoms with Crippen LogP contribution in [-0.2, 0) is 14.6 Å².